The largest absolute Gasteiger partial charge is 0.358 e. The fraction of sp³-hybridized carbons (Fsp3) is 0.375. The number of nitrogens with zero attached hydrogens (tertiary/aromatic N) is 2. The van der Waals surface area contributed by atoms with Crippen LogP contribution in [0.4, 0.5) is 0 Å². The highest BCUT2D eigenvalue weighted by atomic mass is 16.2. The second kappa shape index (κ2) is 7.46. The zero-order valence-corrected chi connectivity index (χ0v) is 12.1. The summed E-state index contributed by atoms with van der Waals surface area (Å²) in [7, 11) is 1.63. The zero-order chi connectivity index (χ0) is 15.1. The van der Waals surface area contributed by atoms with Gasteiger partial charge in [0.2, 0.25) is 5.91 Å². The number of piperazine rings is 1. The summed E-state index contributed by atoms with van der Waals surface area (Å²) in [6.07, 6.45) is 0. The summed E-state index contributed by atoms with van der Waals surface area (Å²) in [4.78, 5) is 27.1. The SMILES string of the molecule is CNC(=O)CN1CCN(C(=O)C#Cc2ccccc2)CC1. The van der Waals surface area contributed by atoms with Crippen molar-refractivity contribution < 1.29 is 9.59 Å². The van der Waals surface area contributed by atoms with Crippen LogP contribution in [0.2, 0.25) is 0 Å². The van der Waals surface area contributed by atoms with Gasteiger partial charge < -0.3 is 10.2 Å². The molecule has 1 aromatic carbocycles. The van der Waals surface area contributed by atoms with Crippen LogP contribution in [-0.2, 0) is 9.59 Å². The van der Waals surface area contributed by atoms with E-state index in [4.69, 9.17) is 0 Å². The lowest BCUT2D eigenvalue weighted by molar-refractivity contribution is -0.127. The van der Waals surface area contributed by atoms with Crippen LogP contribution in [0, 0.1) is 11.8 Å². The molecule has 0 aromatic heterocycles. The first-order valence-electron chi connectivity index (χ1n) is 6.98. The topological polar surface area (TPSA) is 52.7 Å². The molecular formula is C16H19N3O2. The molecule has 1 N–H and O–H groups in total. The summed E-state index contributed by atoms with van der Waals surface area (Å²) in [6.45, 7) is 3.01. The Hall–Kier alpha value is -2.32. The summed E-state index contributed by atoms with van der Waals surface area (Å²) in [5, 5.41) is 2.60. The van der Waals surface area contributed by atoms with Crippen molar-refractivity contribution >= 4 is 11.8 Å². The van der Waals surface area contributed by atoms with E-state index in [1.807, 2.05) is 35.2 Å². The number of carbonyl (C=O) groups excluding carboxylic acids is 2. The Kier molecular flexibility index (Phi) is 5.35. The molecule has 0 unspecified atom stereocenters. The Morgan fingerprint density at radius 1 is 1.14 bits per heavy atom. The Morgan fingerprint density at radius 3 is 2.43 bits per heavy atom. The van der Waals surface area contributed by atoms with Gasteiger partial charge >= 0.3 is 0 Å². The second-order valence-electron chi connectivity index (χ2n) is 4.86. The fourth-order valence-corrected chi connectivity index (χ4v) is 2.12. The van der Waals surface area contributed by atoms with E-state index in [0.29, 0.717) is 32.7 Å². The molecule has 0 saturated carbocycles. The molecule has 1 aliphatic heterocycles. The highest BCUT2D eigenvalue weighted by molar-refractivity contribution is 5.94. The van der Waals surface area contributed by atoms with Crippen molar-refractivity contribution in [3.8, 4) is 11.8 Å². The van der Waals surface area contributed by atoms with Crippen molar-refractivity contribution in [1.29, 1.82) is 0 Å². The predicted octanol–water partition coefficient (Wildman–Crippen LogP) is -0.0717. The standard InChI is InChI=1S/C16H19N3O2/c1-17-15(20)13-18-9-11-19(12-10-18)16(21)8-7-14-5-3-2-4-6-14/h2-6H,9-13H2,1H3,(H,17,20). The van der Waals surface area contributed by atoms with Crippen molar-refractivity contribution in [2.24, 2.45) is 0 Å². The third kappa shape index (κ3) is 4.62. The molecule has 0 bridgehead atoms. The predicted molar refractivity (Wildman–Crippen MR) is 80.4 cm³/mol. The first-order valence-corrected chi connectivity index (χ1v) is 6.98. The van der Waals surface area contributed by atoms with Crippen LogP contribution in [0.25, 0.3) is 0 Å². The molecular weight excluding hydrogens is 266 g/mol. The minimum Gasteiger partial charge on any atom is -0.358 e. The molecule has 2 rings (SSSR count). The lowest BCUT2D eigenvalue weighted by Crippen LogP contribution is -2.50. The smallest absolute Gasteiger partial charge is 0.298 e. The third-order valence-corrected chi connectivity index (χ3v) is 3.39. The lowest BCUT2D eigenvalue weighted by Gasteiger charge is -2.33. The van der Waals surface area contributed by atoms with Gasteiger partial charge in [-0.1, -0.05) is 24.1 Å². The average molecular weight is 285 g/mol. The van der Waals surface area contributed by atoms with Crippen LogP contribution in [0.1, 0.15) is 5.56 Å². The Morgan fingerprint density at radius 2 is 1.81 bits per heavy atom. The number of hydrogen-bond acceptors (Lipinski definition) is 3. The second-order valence-corrected chi connectivity index (χ2v) is 4.86. The first kappa shape index (κ1) is 15.1. The molecule has 0 atom stereocenters. The summed E-state index contributed by atoms with van der Waals surface area (Å²) in [5.74, 6) is 5.39. The number of carbonyl (C=O) groups is 2. The van der Waals surface area contributed by atoms with Crippen molar-refractivity contribution in [3.63, 3.8) is 0 Å². The Bertz CT molecular complexity index is 552. The van der Waals surface area contributed by atoms with E-state index in [0.717, 1.165) is 5.56 Å². The van der Waals surface area contributed by atoms with Crippen LogP contribution in [-0.4, -0.2) is 61.4 Å². The third-order valence-electron chi connectivity index (χ3n) is 3.39. The van der Waals surface area contributed by atoms with Gasteiger partial charge in [-0.05, 0) is 12.1 Å². The summed E-state index contributed by atoms with van der Waals surface area (Å²) < 4.78 is 0. The van der Waals surface area contributed by atoms with Crippen LogP contribution < -0.4 is 5.32 Å². The number of benzene rings is 1. The Balaban J connectivity index is 1.84. The molecule has 1 aliphatic rings. The van der Waals surface area contributed by atoms with Gasteiger partial charge in [-0.25, -0.2) is 0 Å². The minimum absolute atomic E-state index is 0.00125. The molecule has 0 radical (unpaired) electrons. The summed E-state index contributed by atoms with van der Waals surface area (Å²) in [6, 6.07) is 9.46. The molecule has 1 saturated heterocycles. The van der Waals surface area contributed by atoms with E-state index in [9.17, 15) is 9.59 Å². The van der Waals surface area contributed by atoms with Crippen LogP contribution in [0.5, 0.6) is 0 Å². The monoisotopic (exact) mass is 285 g/mol. The van der Waals surface area contributed by atoms with Crippen molar-refractivity contribution in [3.05, 3.63) is 35.9 Å². The molecule has 1 heterocycles. The lowest BCUT2D eigenvalue weighted by atomic mass is 10.2. The molecule has 5 nitrogen and oxygen atoms in total. The van der Waals surface area contributed by atoms with Gasteiger partial charge in [0, 0.05) is 44.7 Å². The van der Waals surface area contributed by atoms with Gasteiger partial charge in [0.05, 0.1) is 6.54 Å². The van der Waals surface area contributed by atoms with Gasteiger partial charge in [-0.2, -0.15) is 0 Å². The van der Waals surface area contributed by atoms with Crippen LogP contribution >= 0.6 is 0 Å². The number of nitrogens with one attached hydrogen (secondary N) is 1. The van der Waals surface area contributed by atoms with Gasteiger partial charge in [-0.3, -0.25) is 14.5 Å². The van der Waals surface area contributed by atoms with E-state index in [1.54, 1.807) is 11.9 Å². The number of rotatable bonds is 2. The Labute approximate surface area is 124 Å². The van der Waals surface area contributed by atoms with E-state index < -0.39 is 0 Å². The molecule has 21 heavy (non-hydrogen) atoms. The molecule has 5 heteroatoms. The first-order chi connectivity index (χ1) is 10.2. The van der Waals surface area contributed by atoms with Gasteiger partial charge in [0.1, 0.15) is 0 Å². The number of amides is 2. The van der Waals surface area contributed by atoms with Crippen molar-refractivity contribution in [2.45, 2.75) is 0 Å². The summed E-state index contributed by atoms with van der Waals surface area (Å²) >= 11 is 0. The van der Waals surface area contributed by atoms with Crippen LogP contribution in [0.3, 0.4) is 0 Å². The normalized spacial score (nSPS) is 15.0. The van der Waals surface area contributed by atoms with E-state index in [-0.39, 0.29) is 11.8 Å². The highest BCUT2D eigenvalue weighted by Crippen LogP contribution is 2.02. The van der Waals surface area contributed by atoms with Crippen molar-refractivity contribution in [1.82, 2.24) is 15.1 Å². The quantitative estimate of drug-likeness (QED) is 0.774. The van der Waals surface area contributed by atoms with Crippen molar-refractivity contribution in [2.75, 3.05) is 39.8 Å². The fourth-order valence-electron chi connectivity index (χ4n) is 2.12. The number of hydrogen-bond donors (Lipinski definition) is 1. The maximum absolute atomic E-state index is 12.0. The highest BCUT2D eigenvalue weighted by Gasteiger charge is 2.20. The van der Waals surface area contributed by atoms with E-state index in [2.05, 4.69) is 17.2 Å². The minimum atomic E-state index is -0.154. The zero-order valence-electron chi connectivity index (χ0n) is 12.1. The number of likely N-dealkylation sites (N-methyl/N-ethyl adjacent to an activating group) is 1. The molecule has 1 fully saturated rings. The van der Waals surface area contributed by atoms with E-state index in [1.165, 1.54) is 0 Å². The van der Waals surface area contributed by atoms with Gasteiger partial charge in [-0.15, -0.1) is 0 Å². The molecule has 0 aliphatic carbocycles. The van der Waals surface area contributed by atoms with E-state index >= 15 is 0 Å². The molecule has 110 valence electrons. The molecule has 1 aromatic rings. The average Bonchev–Trinajstić information content (AvgIpc) is 2.54. The van der Waals surface area contributed by atoms with Gasteiger partial charge in [0.25, 0.3) is 5.91 Å². The summed E-state index contributed by atoms with van der Waals surface area (Å²) in [5.41, 5.74) is 0.837. The molecule has 2 amide bonds. The molecule has 0 spiro atoms. The maximum atomic E-state index is 12.0. The maximum Gasteiger partial charge on any atom is 0.298 e. The van der Waals surface area contributed by atoms with Gasteiger partial charge in [0.15, 0.2) is 0 Å². The van der Waals surface area contributed by atoms with Crippen LogP contribution in [0.15, 0.2) is 30.3 Å².